The Bertz CT molecular complexity index is 1000. The van der Waals surface area contributed by atoms with Crippen LogP contribution in [0.3, 0.4) is 0 Å². The lowest BCUT2D eigenvalue weighted by molar-refractivity contribution is -0.385. The molecule has 3 rings (SSSR count). The Morgan fingerprint density at radius 2 is 2.04 bits per heavy atom. The van der Waals surface area contributed by atoms with Gasteiger partial charge in [0.25, 0.3) is 11.6 Å². The summed E-state index contributed by atoms with van der Waals surface area (Å²) in [5.41, 5.74) is 0.727. The molecule has 2 aromatic heterocycles. The molecule has 0 unspecified atom stereocenters. The number of hydrogen-bond donors (Lipinski definition) is 1. The molecule has 0 saturated heterocycles. The van der Waals surface area contributed by atoms with Gasteiger partial charge in [-0.05, 0) is 24.6 Å². The Balaban J connectivity index is 1.59. The van der Waals surface area contributed by atoms with Crippen LogP contribution in [0.1, 0.15) is 20.1 Å². The molecule has 8 nitrogen and oxygen atoms in total. The maximum absolute atomic E-state index is 12.2. The number of carbonyl (C=O) groups is 1. The summed E-state index contributed by atoms with van der Waals surface area (Å²) in [6, 6.07) is 11.9. The second-order valence-corrected chi connectivity index (χ2v) is 7.03. The van der Waals surface area contributed by atoms with E-state index in [0.29, 0.717) is 27.1 Å². The molecule has 0 bridgehead atoms. The number of aryl methyl sites for hydroxylation is 1. The van der Waals surface area contributed by atoms with Crippen molar-refractivity contribution in [1.82, 2.24) is 10.3 Å². The summed E-state index contributed by atoms with van der Waals surface area (Å²) in [5.74, 6) is 1.33. The summed E-state index contributed by atoms with van der Waals surface area (Å²) < 4.78 is 10.8. The number of hydrogen-bond acceptors (Lipinski definition) is 7. The number of aromatic nitrogens is 1. The molecule has 2 heterocycles. The highest BCUT2D eigenvalue weighted by atomic mass is 32.1. The molecule has 3 aromatic rings. The minimum Gasteiger partial charge on any atom is -0.497 e. The van der Waals surface area contributed by atoms with E-state index in [2.05, 4.69) is 10.3 Å². The zero-order chi connectivity index (χ0) is 20.1. The van der Waals surface area contributed by atoms with Gasteiger partial charge >= 0.3 is 0 Å². The summed E-state index contributed by atoms with van der Waals surface area (Å²) in [4.78, 5) is 27.6. The number of carbonyl (C=O) groups excluding carboxylic acids is 1. The number of amides is 1. The van der Waals surface area contributed by atoms with E-state index in [9.17, 15) is 14.9 Å². The van der Waals surface area contributed by atoms with E-state index in [0.717, 1.165) is 16.9 Å². The fraction of sp³-hybridized carbons (Fsp3) is 0.158. The molecular weight excluding hydrogens is 382 g/mol. The highest BCUT2D eigenvalue weighted by Gasteiger charge is 2.19. The van der Waals surface area contributed by atoms with E-state index in [4.69, 9.17) is 9.47 Å². The molecule has 1 aromatic carbocycles. The van der Waals surface area contributed by atoms with Crippen LogP contribution < -0.4 is 14.8 Å². The number of nitrogens with zero attached hydrogens (tertiary/aromatic N) is 2. The van der Waals surface area contributed by atoms with Gasteiger partial charge < -0.3 is 14.8 Å². The van der Waals surface area contributed by atoms with Crippen molar-refractivity contribution in [2.45, 2.75) is 13.5 Å². The largest absolute Gasteiger partial charge is 0.497 e. The van der Waals surface area contributed by atoms with Crippen LogP contribution in [0.25, 0.3) is 0 Å². The van der Waals surface area contributed by atoms with E-state index < -0.39 is 4.92 Å². The van der Waals surface area contributed by atoms with Gasteiger partial charge in [0.15, 0.2) is 0 Å². The first-order chi connectivity index (χ1) is 13.5. The lowest BCUT2D eigenvalue weighted by Crippen LogP contribution is -2.21. The number of benzene rings is 1. The summed E-state index contributed by atoms with van der Waals surface area (Å²) in [7, 11) is 1.58. The molecule has 0 fully saturated rings. The Kier molecular flexibility index (Phi) is 5.85. The second-order valence-electron chi connectivity index (χ2n) is 5.78. The number of thiophene rings is 1. The van der Waals surface area contributed by atoms with Crippen molar-refractivity contribution in [3.8, 4) is 17.4 Å². The minimum absolute atomic E-state index is 0.0455. The Morgan fingerprint density at radius 3 is 2.68 bits per heavy atom. The lowest BCUT2D eigenvalue weighted by Gasteiger charge is -2.07. The summed E-state index contributed by atoms with van der Waals surface area (Å²) in [5, 5.41) is 13.6. The van der Waals surface area contributed by atoms with E-state index in [1.165, 1.54) is 6.07 Å². The molecular formula is C19H17N3O5S. The standard InChI is InChI=1S/C19H17N3O5S/c1-12-16(22(24)25)9-17(28-12)19(23)21-11-13-6-7-18(20-10-13)27-15-5-3-4-14(8-15)26-2/h3-10H,11H2,1-2H3,(H,21,23). The molecule has 0 spiro atoms. The molecule has 9 heteroatoms. The van der Waals surface area contributed by atoms with Crippen LogP contribution in [-0.2, 0) is 6.54 Å². The Hall–Kier alpha value is -3.46. The Labute approximate surface area is 164 Å². The van der Waals surface area contributed by atoms with Gasteiger partial charge in [0.05, 0.1) is 21.8 Å². The van der Waals surface area contributed by atoms with Crippen molar-refractivity contribution in [1.29, 1.82) is 0 Å². The molecule has 0 aliphatic heterocycles. The number of rotatable bonds is 7. The third-order valence-electron chi connectivity index (χ3n) is 3.83. The van der Waals surface area contributed by atoms with Gasteiger partial charge in [0.1, 0.15) is 11.5 Å². The zero-order valence-corrected chi connectivity index (χ0v) is 16.0. The zero-order valence-electron chi connectivity index (χ0n) is 15.2. The van der Waals surface area contributed by atoms with Crippen LogP contribution in [-0.4, -0.2) is 22.9 Å². The minimum atomic E-state index is -0.492. The number of methoxy groups -OCH3 is 1. The van der Waals surface area contributed by atoms with Crippen molar-refractivity contribution in [2.24, 2.45) is 0 Å². The summed E-state index contributed by atoms with van der Waals surface area (Å²) >= 11 is 1.09. The third kappa shape index (κ3) is 4.63. The third-order valence-corrected chi connectivity index (χ3v) is 4.86. The van der Waals surface area contributed by atoms with Crippen molar-refractivity contribution in [2.75, 3.05) is 7.11 Å². The molecule has 144 valence electrons. The number of ether oxygens (including phenoxy) is 2. The van der Waals surface area contributed by atoms with Gasteiger partial charge in [-0.25, -0.2) is 4.98 Å². The first-order valence-corrected chi connectivity index (χ1v) is 9.08. The number of pyridine rings is 1. The van der Waals surface area contributed by atoms with Crippen LogP contribution in [0, 0.1) is 17.0 Å². The van der Waals surface area contributed by atoms with E-state index in [1.807, 2.05) is 12.1 Å². The summed E-state index contributed by atoms with van der Waals surface area (Å²) in [6.45, 7) is 1.86. The van der Waals surface area contributed by atoms with Gasteiger partial charge in [-0.3, -0.25) is 14.9 Å². The molecule has 0 aliphatic carbocycles. The second kappa shape index (κ2) is 8.49. The molecule has 28 heavy (non-hydrogen) atoms. The average molecular weight is 399 g/mol. The quantitative estimate of drug-likeness (QED) is 0.474. The maximum Gasteiger partial charge on any atom is 0.283 e. The van der Waals surface area contributed by atoms with Gasteiger partial charge in [-0.1, -0.05) is 12.1 Å². The molecule has 1 amide bonds. The predicted molar refractivity (Wildman–Crippen MR) is 104 cm³/mol. The molecule has 0 aliphatic rings. The highest BCUT2D eigenvalue weighted by Crippen LogP contribution is 2.28. The molecule has 0 radical (unpaired) electrons. The van der Waals surface area contributed by atoms with Gasteiger partial charge in [0, 0.05) is 30.9 Å². The first kappa shape index (κ1) is 19.3. The van der Waals surface area contributed by atoms with Crippen molar-refractivity contribution < 1.29 is 19.2 Å². The molecule has 1 N–H and O–H groups in total. The average Bonchev–Trinajstić information content (AvgIpc) is 3.09. The van der Waals surface area contributed by atoms with Crippen LogP contribution >= 0.6 is 11.3 Å². The SMILES string of the molecule is COc1cccc(Oc2ccc(CNC(=O)c3cc([N+](=O)[O-])c(C)s3)cn2)c1. The molecule has 0 atom stereocenters. The molecule has 0 saturated carbocycles. The summed E-state index contributed by atoms with van der Waals surface area (Å²) in [6.07, 6.45) is 1.60. The number of nitro groups is 1. The predicted octanol–water partition coefficient (Wildman–Crippen LogP) is 4.09. The van der Waals surface area contributed by atoms with Crippen molar-refractivity contribution in [3.05, 3.63) is 74.1 Å². The fourth-order valence-corrected chi connectivity index (χ4v) is 3.30. The van der Waals surface area contributed by atoms with E-state index in [1.54, 1.807) is 44.5 Å². The number of nitrogens with one attached hydrogen (secondary N) is 1. The van der Waals surface area contributed by atoms with Crippen molar-refractivity contribution >= 4 is 22.9 Å². The van der Waals surface area contributed by atoms with Gasteiger partial charge in [-0.2, -0.15) is 0 Å². The first-order valence-electron chi connectivity index (χ1n) is 8.26. The monoisotopic (exact) mass is 399 g/mol. The maximum atomic E-state index is 12.2. The lowest BCUT2D eigenvalue weighted by atomic mass is 10.2. The van der Waals surface area contributed by atoms with Crippen LogP contribution in [0.4, 0.5) is 5.69 Å². The normalized spacial score (nSPS) is 10.4. The fourth-order valence-electron chi connectivity index (χ4n) is 2.40. The topological polar surface area (TPSA) is 104 Å². The van der Waals surface area contributed by atoms with Gasteiger partial charge in [0.2, 0.25) is 5.88 Å². The van der Waals surface area contributed by atoms with Crippen LogP contribution in [0.15, 0.2) is 48.7 Å². The van der Waals surface area contributed by atoms with Crippen LogP contribution in [0.5, 0.6) is 17.4 Å². The van der Waals surface area contributed by atoms with Gasteiger partial charge in [-0.15, -0.1) is 11.3 Å². The Morgan fingerprint density at radius 1 is 1.25 bits per heavy atom. The van der Waals surface area contributed by atoms with Crippen molar-refractivity contribution in [3.63, 3.8) is 0 Å². The smallest absolute Gasteiger partial charge is 0.283 e. The highest BCUT2D eigenvalue weighted by molar-refractivity contribution is 7.14. The van der Waals surface area contributed by atoms with E-state index >= 15 is 0 Å². The van der Waals surface area contributed by atoms with E-state index in [-0.39, 0.29) is 18.1 Å². The van der Waals surface area contributed by atoms with Crippen LogP contribution in [0.2, 0.25) is 0 Å².